The smallest absolute Gasteiger partial charge is 0.240 e. The first-order chi connectivity index (χ1) is 12.2. The van der Waals surface area contributed by atoms with Crippen molar-refractivity contribution >= 4 is 38.4 Å². The van der Waals surface area contributed by atoms with E-state index in [1.807, 2.05) is 35.8 Å². The van der Waals surface area contributed by atoms with E-state index < -0.39 is 0 Å². The number of amides is 1. The first-order valence-corrected chi connectivity index (χ1v) is 9.24. The van der Waals surface area contributed by atoms with Gasteiger partial charge in [0.05, 0.1) is 11.0 Å². The van der Waals surface area contributed by atoms with Crippen molar-refractivity contribution in [2.24, 2.45) is 0 Å². The number of fused-ring (bicyclic) bond motifs is 2. The molecule has 0 radical (unpaired) electrons. The number of aromatic nitrogens is 2. The number of para-hydroxylation sites is 2. The van der Waals surface area contributed by atoms with Crippen LogP contribution in [0, 0.1) is 6.92 Å². The van der Waals surface area contributed by atoms with Gasteiger partial charge in [-0.15, -0.1) is 11.3 Å². The summed E-state index contributed by atoms with van der Waals surface area (Å²) >= 11 is 1.75. The summed E-state index contributed by atoms with van der Waals surface area (Å²) in [6.45, 7) is 2.88. The summed E-state index contributed by atoms with van der Waals surface area (Å²) in [5.74, 6) is 0.881. The Bertz CT molecular complexity index is 1050. The Morgan fingerprint density at radius 3 is 2.88 bits per heavy atom. The lowest BCUT2D eigenvalue weighted by Crippen LogP contribution is -2.29. The molecular weight excluding hydrogens is 330 g/mol. The van der Waals surface area contributed by atoms with Crippen molar-refractivity contribution in [3.63, 3.8) is 0 Å². The minimum atomic E-state index is 0.0192. The number of thiophene rings is 1. The Balaban J connectivity index is 1.40. The number of benzene rings is 2. The zero-order valence-electron chi connectivity index (χ0n) is 14.0. The van der Waals surface area contributed by atoms with E-state index in [9.17, 15) is 4.79 Å². The van der Waals surface area contributed by atoms with Gasteiger partial charge in [0.2, 0.25) is 5.91 Å². The van der Waals surface area contributed by atoms with Gasteiger partial charge < -0.3 is 9.88 Å². The van der Waals surface area contributed by atoms with Gasteiger partial charge in [-0.2, -0.15) is 0 Å². The van der Waals surface area contributed by atoms with Crippen molar-refractivity contribution < 1.29 is 4.79 Å². The van der Waals surface area contributed by atoms with Crippen LogP contribution in [0.5, 0.6) is 0 Å². The average Bonchev–Trinajstić information content (AvgIpc) is 3.17. The van der Waals surface area contributed by atoms with Gasteiger partial charge in [-0.1, -0.05) is 30.3 Å². The van der Waals surface area contributed by atoms with E-state index in [0.717, 1.165) is 23.3 Å². The van der Waals surface area contributed by atoms with Crippen molar-refractivity contribution in [1.29, 1.82) is 0 Å². The number of rotatable bonds is 5. The Hall–Kier alpha value is -2.66. The van der Waals surface area contributed by atoms with Crippen LogP contribution in [0.15, 0.2) is 53.9 Å². The molecule has 0 aliphatic rings. The van der Waals surface area contributed by atoms with E-state index in [2.05, 4.69) is 39.9 Å². The van der Waals surface area contributed by atoms with Crippen LogP contribution in [0.25, 0.3) is 21.1 Å². The quantitative estimate of drug-likeness (QED) is 0.594. The van der Waals surface area contributed by atoms with E-state index in [4.69, 9.17) is 0 Å². The zero-order chi connectivity index (χ0) is 17.2. The molecule has 0 aliphatic heterocycles. The number of carbonyl (C=O) groups excluding carboxylic acids is 1. The SMILES string of the molecule is Cc1nc2ccccc2n1CC(=O)NCCc1csc2ccccc12. The highest BCUT2D eigenvalue weighted by molar-refractivity contribution is 7.17. The maximum absolute atomic E-state index is 12.3. The Labute approximate surface area is 150 Å². The lowest BCUT2D eigenvalue weighted by atomic mass is 10.1. The Morgan fingerprint density at radius 1 is 1.16 bits per heavy atom. The predicted molar refractivity (Wildman–Crippen MR) is 103 cm³/mol. The van der Waals surface area contributed by atoms with E-state index in [0.29, 0.717) is 13.1 Å². The van der Waals surface area contributed by atoms with Crippen LogP contribution in [0.1, 0.15) is 11.4 Å². The van der Waals surface area contributed by atoms with Gasteiger partial charge in [0, 0.05) is 11.2 Å². The molecule has 126 valence electrons. The van der Waals surface area contributed by atoms with Crippen LogP contribution in [-0.4, -0.2) is 22.0 Å². The molecule has 0 saturated carbocycles. The average molecular weight is 349 g/mol. The van der Waals surface area contributed by atoms with Gasteiger partial charge in [-0.05, 0) is 47.9 Å². The van der Waals surface area contributed by atoms with Gasteiger partial charge in [-0.3, -0.25) is 4.79 Å². The highest BCUT2D eigenvalue weighted by Crippen LogP contribution is 2.25. The molecule has 2 aromatic carbocycles. The fourth-order valence-corrected chi connectivity index (χ4v) is 4.16. The molecule has 1 N–H and O–H groups in total. The molecule has 0 fully saturated rings. The maximum atomic E-state index is 12.3. The van der Waals surface area contributed by atoms with Crippen molar-refractivity contribution in [1.82, 2.24) is 14.9 Å². The lowest BCUT2D eigenvalue weighted by molar-refractivity contribution is -0.121. The summed E-state index contributed by atoms with van der Waals surface area (Å²) in [6.07, 6.45) is 0.847. The summed E-state index contributed by atoms with van der Waals surface area (Å²) in [7, 11) is 0. The summed E-state index contributed by atoms with van der Waals surface area (Å²) in [5.41, 5.74) is 3.22. The highest BCUT2D eigenvalue weighted by atomic mass is 32.1. The predicted octanol–water partition coefficient (Wildman–Crippen LogP) is 3.92. The molecule has 25 heavy (non-hydrogen) atoms. The standard InChI is InChI=1S/C20H19N3OS/c1-14-22-17-7-3-4-8-18(17)23(14)12-20(24)21-11-10-15-13-25-19-9-5-2-6-16(15)19/h2-9,13H,10-12H2,1H3,(H,21,24). The van der Waals surface area contributed by atoms with Gasteiger partial charge >= 0.3 is 0 Å². The molecule has 4 rings (SSSR count). The minimum Gasteiger partial charge on any atom is -0.354 e. The van der Waals surface area contributed by atoms with Crippen molar-refractivity contribution in [2.45, 2.75) is 19.9 Å². The van der Waals surface area contributed by atoms with Crippen LogP contribution in [0.2, 0.25) is 0 Å². The first-order valence-electron chi connectivity index (χ1n) is 8.36. The van der Waals surface area contributed by atoms with Gasteiger partial charge in [0.15, 0.2) is 0 Å². The molecule has 0 aliphatic carbocycles. The van der Waals surface area contributed by atoms with E-state index in [1.54, 1.807) is 11.3 Å². The Kier molecular flexibility index (Phi) is 4.24. The number of hydrogen-bond acceptors (Lipinski definition) is 3. The van der Waals surface area contributed by atoms with Gasteiger partial charge in [0.25, 0.3) is 0 Å². The van der Waals surface area contributed by atoms with Crippen LogP contribution in [-0.2, 0) is 17.8 Å². The molecule has 2 heterocycles. The second kappa shape index (κ2) is 6.69. The summed E-state index contributed by atoms with van der Waals surface area (Å²) in [4.78, 5) is 16.8. The van der Waals surface area contributed by atoms with Gasteiger partial charge in [0.1, 0.15) is 12.4 Å². The number of nitrogens with zero attached hydrogens (tertiary/aromatic N) is 2. The Morgan fingerprint density at radius 2 is 1.96 bits per heavy atom. The summed E-state index contributed by atoms with van der Waals surface area (Å²) in [6, 6.07) is 16.3. The number of nitrogens with one attached hydrogen (secondary N) is 1. The highest BCUT2D eigenvalue weighted by Gasteiger charge is 2.10. The third-order valence-electron chi connectivity index (χ3n) is 4.42. The molecule has 0 saturated heterocycles. The van der Waals surface area contributed by atoms with E-state index in [-0.39, 0.29) is 5.91 Å². The van der Waals surface area contributed by atoms with E-state index in [1.165, 1.54) is 15.6 Å². The third-order valence-corrected chi connectivity index (χ3v) is 5.44. The molecule has 2 aromatic heterocycles. The van der Waals surface area contributed by atoms with E-state index >= 15 is 0 Å². The van der Waals surface area contributed by atoms with Crippen LogP contribution in [0.4, 0.5) is 0 Å². The number of aryl methyl sites for hydroxylation is 1. The van der Waals surface area contributed by atoms with Crippen LogP contribution in [0.3, 0.4) is 0 Å². The summed E-state index contributed by atoms with van der Waals surface area (Å²) in [5, 5.41) is 6.51. The normalized spacial score (nSPS) is 11.2. The number of imidazole rings is 1. The topological polar surface area (TPSA) is 46.9 Å². The van der Waals surface area contributed by atoms with Crippen molar-refractivity contribution in [3.8, 4) is 0 Å². The lowest BCUT2D eigenvalue weighted by Gasteiger charge is -2.08. The molecule has 4 aromatic rings. The fourth-order valence-electron chi connectivity index (χ4n) is 3.16. The zero-order valence-corrected chi connectivity index (χ0v) is 14.8. The maximum Gasteiger partial charge on any atom is 0.240 e. The second-order valence-corrected chi connectivity index (χ2v) is 7.00. The van der Waals surface area contributed by atoms with Crippen LogP contribution < -0.4 is 5.32 Å². The molecule has 4 nitrogen and oxygen atoms in total. The fraction of sp³-hybridized carbons (Fsp3) is 0.200. The molecule has 0 atom stereocenters. The number of hydrogen-bond donors (Lipinski definition) is 1. The number of carbonyl (C=O) groups is 1. The molecular formula is C20H19N3OS. The molecule has 1 amide bonds. The molecule has 0 unspecified atom stereocenters. The second-order valence-electron chi connectivity index (χ2n) is 6.09. The summed E-state index contributed by atoms with van der Waals surface area (Å²) < 4.78 is 3.26. The minimum absolute atomic E-state index is 0.0192. The molecule has 5 heteroatoms. The molecule has 0 bridgehead atoms. The molecule has 0 spiro atoms. The van der Waals surface area contributed by atoms with Crippen LogP contribution >= 0.6 is 11.3 Å². The largest absolute Gasteiger partial charge is 0.354 e. The van der Waals surface area contributed by atoms with Crippen molar-refractivity contribution in [3.05, 3.63) is 65.3 Å². The van der Waals surface area contributed by atoms with Crippen molar-refractivity contribution in [2.75, 3.05) is 6.54 Å². The first kappa shape index (κ1) is 15.8. The van der Waals surface area contributed by atoms with Gasteiger partial charge in [-0.25, -0.2) is 4.98 Å². The monoisotopic (exact) mass is 349 g/mol. The third kappa shape index (κ3) is 3.15.